The van der Waals surface area contributed by atoms with Crippen molar-refractivity contribution in [3.05, 3.63) is 0 Å². The molecule has 4 nitrogen and oxygen atoms in total. The maximum atomic E-state index is 9.37. The van der Waals surface area contributed by atoms with Gasteiger partial charge in [-0.3, -0.25) is 4.79 Å². The standard InChI is InChI=1S/C6H15N.C3H6O2.C2H6O/c1-4-7(5-2)6-3;1-2-3(4)5;1-3-2/h4-6H2,1-3H3;2H2,1H3,(H,4,5);1-2H3. The highest BCUT2D eigenvalue weighted by atomic mass is 16.4. The van der Waals surface area contributed by atoms with E-state index in [1.54, 1.807) is 21.1 Å². The van der Waals surface area contributed by atoms with Gasteiger partial charge < -0.3 is 14.7 Å². The molecule has 15 heavy (non-hydrogen) atoms. The van der Waals surface area contributed by atoms with Crippen LogP contribution in [0.3, 0.4) is 0 Å². The molecule has 0 saturated heterocycles. The molecule has 94 valence electrons. The zero-order valence-corrected chi connectivity index (χ0v) is 11.0. The zero-order valence-electron chi connectivity index (χ0n) is 11.0. The molecule has 0 fully saturated rings. The maximum absolute atomic E-state index is 9.37. The first-order valence-electron chi connectivity index (χ1n) is 5.37. The van der Waals surface area contributed by atoms with Gasteiger partial charge in [0.2, 0.25) is 0 Å². The van der Waals surface area contributed by atoms with Crippen LogP contribution in [-0.4, -0.2) is 49.8 Å². The van der Waals surface area contributed by atoms with E-state index < -0.39 is 5.97 Å². The molecule has 4 heteroatoms. The third-order valence-electron chi connectivity index (χ3n) is 1.64. The Morgan fingerprint density at radius 3 is 1.27 bits per heavy atom. The van der Waals surface area contributed by atoms with E-state index in [2.05, 4.69) is 30.4 Å². The number of carbonyl (C=O) groups is 1. The van der Waals surface area contributed by atoms with Crippen LogP contribution in [0.4, 0.5) is 0 Å². The largest absolute Gasteiger partial charge is 0.481 e. The predicted molar refractivity (Wildman–Crippen MR) is 64.3 cm³/mol. The van der Waals surface area contributed by atoms with Crippen LogP contribution in [0.25, 0.3) is 0 Å². The number of hydrogen-bond acceptors (Lipinski definition) is 3. The van der Waals surface area contributed by atoms with Gasteiger partial charge in [-0.05, 0) is 19.6 Å². The number of carboxylic acids is 1. The minimum Gasteiger partial charge on any atom is -0.481 e. The van der Waals surface area contributed by atoms with Crippen LogP contribution in [0, 0.1) is 0 Å². The molecule has 0 aliphatic carbocycles. The maximum Gasteiger partial charge on any atom is 0.303 e. The van der Waals surface area contributed by atoms with Crippen LogP contribution in [0.1, 0.15) is 34.1 Å². The van der Waals surface area contributed by atoms with E-state index in [0.29, 0.717) is 0 Å². The van der Waals surface area contributed by atoms with Gasteiger partial charge >= 0.3 is 5.97 Å². The van der Waals surface area contributed by atoms with Gasteiger partial charge in [-0.25, -0.2) is 0 Å². The van der Waals surface area contributed by atoms with E-state index in [1.807, 2.05) is 0 Å². The first kappa shape index (κ1) is 19.9. The Hall–Kier alpha value is -0.610. The van der Waals surface area contributed by atoms with Crippen LogP contribution in [0.15, 0.2) is 0 Å². The Morgan fingerprint density at radius 1 is 1.07 bits per heavy atom. The Balaban J connectivity index is -0.000000158. The lowest BCUT2D eigenvalue weighted by molar-refractivity contribution is -0.136. The molecule has 0 bridgehead atoms. The van der Waals surface area contributed by atoms with Gasteiger partial charge in [-0.15, -0.1) is 0 Å². The second-order valence-corrected chi connectivity index (χ2v) is 2.78. The Morgan fingerprint density at radius 2 is 1.27 bits per heavy atom. The average molecular weight is 221 g/mol. The summed E-state index contributed by atoms with van der Waals surface area (Å²) in [6.07, 6.45) is 0.222. The molecule has 0 aromatic carbocycles. The molecule has 0 unspecified atom stereocenters. The lowest BCUT2D eigenvalue weighted by atomic mass is 10.5. The number of hydrogen-bond donors (Lipinski definition) is 1. The summed E-state index contributed by atoms with van der Waals surface area (Å²) in [5, 5.41) is 7.72. The molecule has 0 aliphatic heterocycles. The summed E-state index contributed by atoms with van der Waals surface area (Å²) >= 11 is 0. The van der Waals surface area contributed by atoms with Crippen molar-refractivity contribution in [2.45, 2.75) is 34.1 Å². The number of carboxylic acid groups (broad SMARTS) is 1. The van der Waals surface area contributed by atoms with E-state index in [0.717, 1.165) is 0 Å². The van der Waals surface area contributed by atoms with Crippen LogP contribution < -0.4 is 0 Å². The van der Waals surface area contributed by atoms with E-state index in [-0.39, 0.29) is 6.42 Å². The van der Waals surface area contributed by atoms with Gasteiger partial charge in [0, 0.05) is 20.6 Å². The summed E-state index contributed by atoms with van der Waals surface area (Å²) in [4.78, 5) is 11.7. The first-order chi connectivity index (χ1) is 7.03. The number of methoxy groups -OCH3 is 1. The van der Waals surface area contributed by atoms with Crippen LogP contribution in [-0.2, 0) is 9.53 Å². The SMILES string of the molecule is CCC(=O)O.CCN(CC)CC.COC. The van der Waals surface area contributed by atoms with Gasteiger partial charge in [-0.2, -0.15) is 0 Å². The summed E-state index contributed by atoms with van der Waals surface area (Å²) in [7, 11) is 3.25. The highest BCUT2D eigenvalue weighted by Gasteiger charge is 1.89. The van der Waals surface area contributed by atoms with Crippen LogP contribution in [0.5, 0.6) is 0 Å². The molecule has 0 spiro atoms. The highest BCUT2D eigenvalue weighted by molar-refractivity contribution is 5.66. The fourth-order valence-corrected chi connectivity index (χ4v) is 0.671. The van der Waals surface area contributed by atoms with E-state index in [9.17, 15) is 4.79 Å². The van der Waals surface area contributed by atoms with Crippen molar-refractivity contribution >= 4 is 5.97 Å². The van der Waals surface area contributed by atoms with Crippen molar-refractivity contribution < 1.29 is 14.6 Å². The van der Waals surface area contributed by atoms with E-state index in [1.165, 1.54) is 19.6 Å². The molecule has 0 aliphatic rings. The molecule has 0 aromatic heterocycles. The Kier molecular flexibility index (Phi) is 25.2. The Bertz CT molecular complexity index is 109. The van der Waals surface area contributed by atoms with Crippen molar-refractivity contribution in [1.29, 1.82) is 0 Å². The fourth-order valence-electron chi connectivity index (χ4n) is 0.671. The number of nitrogens with zero attached hydrogens (tertiary/aromatic N) is 1. The van der Waals surface area contributed by atoms with Crippen molar-refractivity contribution in [3.8, 4) is 0 Å². The van der Waals surface area contributed by atoms with Crippen molar-refractivity contribution in [2.75, 3.05) is 33.9 Å². The minimum absolute atomic E-state index is 0.222. The molecule has 0 heterocycles. The van der Waals surface area contributed by atoms with Crippen molar-refractivity contribution in [1.82, 2.24) is 4.90 Å². The van der Waals surface area contributed by atoms with Crippen molar-refractivity contribution in [3.63, 3.8) is 0 Å². The normalized spacial score (nSPS) is 8.47. The highest BCUT2D eigenvalue weighted by Crippen LogP contribution is 1.81. The molecule has 0 amide bonds. The van der Waals surface area contributed by atoms with Crippen LogP contribution >= 0.6 is 0 Å². The molecule has 0 saturated carbocycles. The van der Waals surface area contributed by atoms with Gasteiger partial charge in [0.25, 0.3) is 0 Å². The van der Waals surface area contributed by atoms with Gasteiger partial charge in [0.15, 0.2) is 0 Å². The summed E-state index contributed by atoms with van der Waals surface area (Å²) in [6, 6.07) is 0. The smallest absolute Gasteiger partial charge is 0.303 e. The number of aliphatic carboxylic acids is 1. The monoisotopic (exact) mass is 221 g/mol. The summed E-state index contributed by atoms with van der Waals surface area (Å²) in [6.45, 7) is 11.7. The second-order valence-electron chi connectivity index (χ2n) is 2.78. The molecule has 1 N–H and O–H groups in total. The van der Waals surface area contributed by atoms with Gasteiger partial charge in [0.05, 0.1) is 0 Å². The average Bonchev–Trinajstić information content (AvgIpc) is 2.22. The van der Waals surface area contributed by atoms with Crippen LogP contribution in [0.2, 0.25) is 0 Å². The third-order valence-corrected chi connectivity index (χ3v) is 1.64. The zero-order chi connectivity index (χ0) is 12.7. The van der Waals surface area contributed by atoms with E-state index >= 15 is 0 Å². The molecule has 0 atom stereocenters. The predicted octanol–water partition coefficient (Wildman–Crippen LogP) is 2.09. The molecular weight excluding hydrogens is 194 g/mol. The second kappa shape index (κ2) is 19.0. The lowest BCUT2D eigenvalue weighted by Gasteiger charge is -2.13. The number of ether oxygens (including phenoxy) is 1. The van der Waals surface area contributed by atoms with Crippen molar-refractivity contribution in [2.24, 2.45) is 0 Å². The topological polar surface area (TPSA) is 49.8 Å². The summed E-state index contributed by atoms with van der Waals surface area (Å²) < 4.78 is 4.25. The third kappa shape index (κ3) is 31.8. The van der Waals surface area contributed by atoms with E-state index in [4.69, 9.17) is 5.11 Å². The minimum atomic E-state index is -0.745. The first-order valence-corrected chi connectivity index (χ1v) is 5.37. The molecule has 0 rings (SSSR count). The lowest BCUT2D eigenvalue weighted by Crippen LogP contribution is -2.21. The van der Waals surface area contributed by atoms with Gasteiger partial charge in [0.1, 0.15) is 0 Å². The number of rotatable bonds is 4. The molecular formula is C11H27NO3. The summed E-state index contributed by atoms with van der Waals surface area (Å²) in [5.74, 6) is -0.745. The summed E-state index contributed by atoms with van der Waals surface area (Å²) in [5.41, 5.74) is 0. The fraction of sp³-hybridized carbons (Fsp3) is 0.909. The molecule has 0 radical (unpaired) electrons. The van der Waals surface area contributed by atoms with Gasteiger partial charge in [-0.1, -0.05) is 27.7 Å². The quantitative estimate of drug-likeness (QED) is 0.789. The molecule has 0 aromatic rings. The Labute approximate surface area is 94.2 Å².